The van der Waals surface area contributed by atoms with Crippen LogP contribution in [-0.2, 0) is 28.6 Å². The highest BCUT2D eigenvalue weighted by atomic mass is 16.6. The number of hydrogen-bond donors (Lipinski definition) is 1. The largest absolute Gasteiger partial charge is 0.477 e. The fourth-order valence-corrected chi connectivity index (χ4v) is 7.53. The van der Waals surface area contributed by atoms with Gasteiger partial charge >= 0.3 is 17.9 Å². The normalized spacial score (nSPS) is 13.1. The molecule has 0 aromatic rings. The van der Waals surface area contributed by atoms with E-state index in [4.69, 9.17) is 14.2 Å². The lowest BCUT2D eigenvalue weighted by Crippen LogP contribution is -2.50. The van der Waals surface area contributed by atoms with E-state index in [1.807, 2.05) is 21.1 Å². The third kappa shape index (κ3) is 42.6. The highest BCUT2D eigenvalue weighted by Gasteiger charge is 2.31. The molecule has 0 saturated heterocycles. The predicted octanol–water partition coefficient (Wildman–Crippen LogP) is 14.6. The maximum atomic E-state index is 12.7. The van der Waals surface area contributed by atoms with Gasteiger partial charge in [-0.05, 0) is 70.6 Å². The minimum Gasteiger partial charge on any atom is -0.477 e. The van der Waals surface area contributed by atoms with Crippen LogP contribution in [0.2, 0.25) is 0 Å². The number of unbranched alkanes of at least 4 members (excludes halogenated alkanes) is 26. The molecule has 0 aromatic carbocycles. The van der Waals surface area contributed by atoms with E-state index in [2.05, 4.69) is 50.3 Å². The molecule has 1 N–H and O–H groups in total. The van der Waals surface area contributed by atoms with E-state index in [1.54, 1.807) is 0 Å². The molecule has 0 bridgehead atoms. The Morgan fingerprint density at radius 3 is 1.30 bits per heavy atom. The Hall–Kier alpha value is -2.45. The van der Waals surface area contributed by atoms with Crippen molar-refractivity contribution in [1.82, 2.24) is 0 Å². The Kier molecular flexibility index (Phi) is 42.4. The van der Waals surface area contributed by atoms with Crippen LogP contribution in [0, 0.1) is 0 Å². The molecule has 0 spiro atoms. The quantitative estimate of drug-likeness (QED) is 0.0282. The molecule has 0 aliphatic carbocycles. The summed E-state index contributed by atoms with van der Waals surface area (Å²) >= 11 is 0. The molecule has 0 saturated carbocycles. The number of rotatable bonds is 46. The summed E-state index contributed by atoms with van der Waals surface area (Å²) in [5, 5.41) is 9.64. The molecule has 0 fully saturated rings. The minimum atomic E-state index is -0.877. The number of hydrogen-bond acceptors (Lipinski definition) is 6. The van der Waals surface area contributed by atoms with Gasteiger partial charge in [-0.2, -0.15) is 0 Å². The van der Waals surface area contributed by atoms with Crippen molar-refractivity contribution < 1.29 is 38.2 Å². The van der Waals surface area contributed by atoms with E-state index in [0.29, 0.717) is 19.3 Å². The molecule has 0 radical (unpaired) electrons. The predicted molar refractivity (Wildman–Crippen MR) is 257 cm³/mol. The molecule has 2 unspecified atom stereocenters. The zero-order valence-electron chi connectivity index (χ0n) is 40.6. The first-order valence-electron chi connectivity index (χ1n) is 25.5. The van der Waals surface area contributed by atoms with Crippen LogP contribution in [0.4, 0.5) is 0 Å². The highest BCUT2D eigenvalue weighted by Crippen LogP contribution is 2.15. The van der Waals surface area contributed by atoms with Crippen molar-refractivity contribution in [2.24, 2.45) is 0 Å². The standard InChI is InChI=1S/C53H97NO7/c1-6-8-10-12-14-16-18-20-22-23-24-25-26-27-28-29-30-32-33-35-37-39-41-43-51(55)60-48-49(47-59-46-45-50(53(57)58)54(3,4)5)61-52(56)44-42-40-38-36-34-31-21-19-17-15-13-11-9-7-2/h24-25,27-28,31,34,49-50H,6-23,26,29-30,32-33,35-48H2,1-5H3/p+1/b25-24+,28-27+,34-31+. The van der Waals surface area contributed by atoms with E-state index in [9.17, 15) is 19.5 Å². The van der Waals surface area contributed by atoms with Gasteiger partial charge in [-0.25, -0.2) is 4.79 Å². The molecule has 0 amide bonds. The number of carbonyl (C=O) groups excluding carboxylic acids is 2. The van der Waals surface area contributed by atoms with Gasteiger partial charge in [0.2, 0.25) is 0 Å². The zero-order chi connectivity index (χ0) is 44.9. The van der Waals surface area contributed by atoms with Crippen LogP contribution in [-0.4, -0.2) is 80.6 Å². The number of carboxylic acid groups (broad SMARTS) is 1. The van der Waals surface area contributed by atoms with Crippen LogP contribution in [0.15, 0.2) is 36.5 Å². The minimum absolute atomic E-state index is 0.0539. The first-order chi connectivity index (χ1) is 29.6. The van der Waals surface area contributed by atoms with Crippen LogP contribution in [0.5, 0.6) is 0 Å². The number of carbonyl (C=O) groups is 3. The third-order valence-corrected chi connectivity index (χ3v) is 11.5. The van der Waals surface area contributed by atoms with Crippen LogP contribution >= 0.6 is 0 Å². The van der Waals surface area contributed by atoms with Gasteiger partial charge in [0.1, 0.15) is 6.61 Å². The summed E-state index contributed by atoms with van der Waals surface area (Å²) in [6, 6.07) is -0.618. The molecule has 0 aliphatic heterocycles. The lowest BCUT2D eigenvalue weighted by atomic mass is 10.1. The van der Waals surface area contributed by atoms with Crippen LogP contribution < -0.4 is 0 Å². The molecule has 8 nitrogen and oxygen atoms in total. The van der Waals surface area contributed by atoms with Gasteiger partial charge in [0.05, 0.1) is 34.4 Å². The summed E-state index contributed by atoms with van der Waals surface area (Å²) < 4.78 is 17.3. The third-order valence-electron chi connectivity index (χ3n) is 11.5. The summed E-state index contributed by atoms with van der Waals surface area (Å²) in [5.74, 6) is -1.49. The smallest absolute Gasteiger partial charge is 0.362 e. The summed E-state index contributed by atoms with van der Waals surface area (Å²) in [6.45, 7) is 4.73. The lowest BCUT2D eigenvalue weighted by molar-refractivity contribution is -0.887. The van der Waals surface area contributed by atoms with Gasteiger partial charge in [0.25, 0.3) is 0 Å². The van der Waals surface area contributed by atoms with Crippen molar-refractivity contribution in [3.8, 4) is 0 Å². The molecular weight excluding hydrogens is 763 g/mol. The second-order valence-corrected chi connectivity index (χ2v) is 18.4. The summed E-state index contributed by atoms with van der Waals surface area (Å²) in [4.78, 5) is 37.1. The average molecular weight is 861 g/mol. The second kappa shape index (κ2) is 44.2. The molecule has 0 heterocycles. The van der Waals surface area contributed by atoms with Crippen LogP contribution in [0.1, 0.15) is 232 Å². The molecule has 356 valence electrons. The fraction of sp³-hybridized carbons (Fsp3) is 0.830. The van der Waals surface area contributed by atoms with Gasteiger partial charge in [-0.3, -0.25) is 9.59 Å². The maximum absolute atomic E-state index is 12.7. The summed E-state index contributed by atoms with van der Waals surface area (Å²) in [6.07, 6.45) is 52.0. The molecular formula is C53H98NO7+. The van der Waals surface area contributed by atoms with E-state index in [-0.39, 0.29) is 36.2 Å². The highest BCUT2D eigenvalue weighted by molar-refractivity contribution is 5.72. The number of allylic oxidation sites excluding steroid dienone is 6. The Morgan fingerprint density at radius 2 is 0.869 bits per heavy atom. The first kappa shape index (κ1) is 58.6. The Balaban J connectivity index is 4.23. The van der Waals surface area contributed by atoms with Crippen molar-refractivity contribution in [3.63, 3.8) is 0 Å². The van der Waals surface area contributed by atoms with Gasteiger partial charge in [-0.15, -0.1) is 0 Å². The monoisotopic (exact) mass is 861 g/mol. The van der Waals surface area contributed by atoms with Crippen molar-refractivity contribution in [2.45, 2.75) is 244 Å². The lowest BCUT2D eigenvalue weighted by Gasteiger charge is -2.31. The van der Waals surface area contributed by atoms with Crippen molar-refractivity contribution >= 4 is 17.9 Å². The van der Waals surface area contributed by atoms with Crippen molar-refractivity contribution in [2.75, 3.05) is 41.0 Å². The molecule has 2 atom stereocenters. The van der Waals surface area contributed by atoms with E-state index >= 15 is 0 Å². The molecule has 0 aliphatic rings. The van der Waals surface area contributed by atoms with Crippen LogP contribution in [0.3, 0.4) is 0 Å². The maximum Gasteiger partial charge on any atom is 0.362 e. The van der Waals surface area contributed by atoms with E-state index in [1.165, 1.54) is 135 Å². The zero-order valence-corrected chi connectivity index (χ0v) is 40.6. The van der Waals surface area contributed by atoms with E-state index in [0.717, 1.165) is 64.2 Å². The Labute approximate surface area is 376 Å². The average Bonchev–Trinajstić information content (AvgIpc) is 3.22. The SMILES string of the molecule is CCCCCCCCC/C=C/CCCCCC(=O)OC(COCCC(C(=O)O)[N+](C)(C)C)COC(=O)CCCCCCCCC/C=C/C/C=C/CCCCCCCCCCC. The van der Waals surface area contributed by atoms with Gasteiger partial charge in [0.15, 0.2) is 12.1 Å². The molecule has 0 aromatic heterocycles. The van der Waals surface area contributed by atoms with Crippen molar-refractivity contribution in [3.05, 3.63) is 36.5 Å². The van der Waals surface area contributed by atoms with Gasteiger partial charge in [-0.1, -0.05) is 179 Å². The molecule has 0 rings (SSSR count). The number of ether oxygens (including phenoxy) is 3. The number of likely N-dealkylation sites (N-methyl/N-ethyl adjacent to an activating group) is 1. The topological polar surface area (TPSA) is 99.1 Å². The fourth-order valence-electron chi connectivity index (χ4n) is 7.53. The van der Waals surface area contributed by atoms with E-state index < -0.39 is 18.1 Å². The van der Waals surface area contributed by atoms with Gasteiger partial charge < -0.3 is 23.8 Å². The Bertz CT molecular complexity index is 1090. The number of carboxylic acids is 1. The van der Waals surface area contributed by atoms with Crippen molar-refractivity contribution in [1.29, 1.82) is 0 Å². The van der Waals surface area contributed by atoms with Gasteiger partial charge in [0, 0.05) is 19.3 Å². The molecule has 61 heavy (non-hydrogen) atoms. The first-order valence-corrected chi connectivity index (χ1v) is 25.5. The van der Waals surface area contributed by atoms with Crippen LogP contribution in [0.25, 0.3) is 0 Å². The summed E-state index contributed by atoms with van der Waals surface area (Å²) in [7, 11) is 5.53. The Morgan fingerprint density at radius 1 is 0.492 bits per heavy atom. The number of aliphatic carboxylic acids is 1. The summed E-state index contributed by atoms with van der Waals surface area (Å²) in [5.41, 5.74) is 0. The molecule has 8 heteroatoms. The number of esters is 2. The number of nitrogens with zero attached hydrogens (tertiary/aromatic N) is 1. The number of quaternary nitrogens is 1. The second-order valence-electron chi connectivity index (χ2n) is 18.4.